The molecule has 2 amide bonds. The number of likely N-dealkylation sites (tertiary alicyclic amines) is 1. The predicted molar refractivity (Wildman–Crippen MR) is 119 cm³/mol. The van der Waals surface area contributed by atoms with E-state index in [4.69, 9.17) is 18.9 Å². The van der Waals surface area contributed by atoms with Gasteiger partial charge in [-0.05, 0) is 50.2 Å². The quantitative estimate of drug-likeness (QED) is 0.682. The summed E-state index contributed by atoms with van der Waals surface area (Å²) in [5.74, 6) is 2.27. The van der Waals surface area contributed by atoms with E-state index in [9.17, 15) is 9.59 Å². The fraction of sp³-hybridized carbons (Fsp3) is 0.391. The number of hydrogen-bond donors (Lipinski definition) is 2. The highest BCUT2D eigenvalue weighted by atomic mass is 16.7. The molecule has 0 radical (unpaired) electrons. The third-order valence-electron chi connectivity index (χ3n) is 5.65. The molecule has 1 saturated heterocycles. The van der Waals surface area contributed by atoms with Crippen LogP contribution in [0, 0.1) is 5.92 Å². The van der Waals surface area contributed by atoms with E-state index in [0.717, 1.165) is 0 Å². The number of methoxy groups -OCH3 is 2. The van der Waals surface area contributed by atoms with Crippen molar-refractivity contribution in [1.82, 2.24) is 4.90 Å². The molecule has 4 rings (SSSR count). The Balaban J connectivity index is 1.25. The number of benzene rings is 2. The Labute approximate surface area is 186 Å². The summed E-state index contributed by atoms with van der Waals surface area (Å²) in [6.07, 6.45) is 1.38. The van der Waals surface area contributed by atoms with Crippen molar-refractivity contribution in [3.05, 3.63) is 36.4 Å². The van der Waals surface area contributed by atoms with Gasteiger partial charge in [0.2, 0.25) is 18.6 Å². The van der Waals surface area contributed by atoms with Crippen LogP contribution < -0.4 is 29.6 Å². The van der Waals surface area contributed by atoms with Crippen LogP contribution in [0.25, 0.3) is 0 Å². The molecule has 0 aliphatic carbocycles. The summed E-state index contributed by atoms with van der Waals surface area (Å²) in [5, 5.41) is 5.84. The lowest BCUT2D eigenvalue weighted by molar-refractivity contribution is -0.121. The Morgan fingerprint density at radius 3 is 2.53 bits per heavy atom. The zero-order valence-electron chi connectivity index (χ0n) is 18.2. The van der Waals surface area contributed by atoms with Crippen molar-refractivity contribution < 1.29 is 28.5 Å². The molecule has 0 saturated carbocycles. The molecule has 0 unspecified atom stereocenters. The monoisotopic (exact) mass is 441 g/mol. The van der Waals surface area contributed by atoms with Gasteiger partial charge in [0, 0.05) is 23.7 Å². The topological polar surface area (TPSA) is 98.4 Å². The van der Waals surface area contributed by atoms with Gasteiger partial charge in [-0.1, -0.05) is 0 Å². The Morgan fingerprint density at radius 1 is 1.00 bits per heavy atom. The first-order valence-corrected chi connectivity index (χ1v) is 10.5. The molecule has 2 aromatic rings. The van der Waals surface area contributed by atoms with Crippen LogP contribution in [-0.2, 0) is 9.59 Å². The van der Waals surface area contributed by atoms with E-state index < -0.39 is 0 Å². The van der Waals surface area contributed by atoms with E-state index in [1.54, 1.807) is 50.6 Å². The van der Waals surface area contributed by atoms with Crippen LogP contribution >= 0.6 is 0 Å². The van der Waals surface area contributed by atoms with Gasteiger partial charge in [0.1, 0.15) is 11.5 Å². The Morgan fingerprint density at radius 2 is 1.78 bits per heavy atom. The van der Waals surface area contributed by atoms with Crippen molar-refractivity contribution in [2.75, 3.05) is 51.3 Å². The smallest absolute Gasteiger partial charge is 0.238 e. The lowest BCUT2D eigenvalue weighted by atomic mass is 9.95. The number of nitrogens with zero attached hydrogens (tertiary/aromatic N) is 1. The Bertz CT molecular complexity index is 988. The van der Waals surface area contributed by atoms with E-state index >= 15 is 0 Å². The first-order valence-electron chi connectivity index (χ1n) is 10.5. The molecule has 0 atom stereocenters. The van der Waals surface area contributed by atoms with Gasteiger partial charge in [-0.3, -0.25) is 14.5 Å². The molecule has 0 bridgehead atoms. The molecule has 0 spiro atoms. The molecular weight excluding hydrogens is 414 g/mol. The molecule has 9 heteroatoms. The van der Waals surface area contributed by atoms with E-state index in [1.165, 1.54) is 0 Å². The van der Waals surface area contributed by atoms with Gasteiger partial charge >= 0.3 is 0 Å². The average molecular weight is 441 g/mol. The molecule has 2 aromatic carbocycles. The summed E-state index contributed by atoms with van der Waals surface area (Å²) >= 11 is 0. The number of fused-ring (bicyclic) bond motifs is 1. The molecule has 1 fully saturated rings. The second-order valence-electron chi connectivity index (χ2n) is 7.72. The summed E-state index contributed by atoms with van der Waals surface area (Å²) in [4.78, 5) is 27.2. The first-order chi connectivity index (χ1) is 15.6. The number of hydrogen-bond acceptors (Lipinski definition) is 7. The summed E-state index contributed by atoms with van der Waals surface area (Å²) in [6, 6.07) is 10.6. The maximum absolute atomic E-state index is 12.7. The van der Waals surface area contributed by atoms with Crippen LogP contribution in [0.1, 0.15) is 12.8 Å². The summed E-state index contributed by atoms with van der Waals surface area (Å²) in [7, 11) is 3.12. The lowest BCUT2D eigenvalue weighted by Gasteiger charge is -2.30. The largest absolute Gasteiger partial charge is 0.497 e. The van der Waals surface area contributed by atoms with Gasteiger partial charge in [-0.15, -0.1) is 0 Å². The van der Waals surface area contributed by atoms with Gasteiger partial charge in [-0.2, -0.15) is 0 Å². The highest BCUT2D eigenvalue weighted by Crippen LogP contribution is 2.34. The highest BCUT2D eigenvalue weighted by Gasteiger charge is 2.26. The number of carbonyl (C=O) groups is 2. The molecule has 2 N–H and O–H groups in total. The summed E-state index contributed by atoms with van der Waals surface area (Å²) in [6.45, 7) is 1.80. The van der Waals surface area contributed by atoms with Gasteiger partial charge in [-0.25, -0.2) is 0 Å². The summed E-state index contributed by atoms with van der Waals surface area (Å²) in [5.41, 5.74) is 1.28. The van der Waals surface area contributed by atoms with Gasteiger partial charge in [0.15, 0.2) is 11.5 Å². The Kier molecular flexibility index (Phi) is 6.65. The molecule has 2 aliphatic rings. The number of amides is 2. The molecule has 9 nitrogen and oxygen atoms in total. The fourth-order valence-electron chi connectivity index (χ4n) is 3.87. The maximum Gasteiger partial charge on any atom is 0.238 e. The van der Waals surface area contributed by atoms with E-state index in [0.29, 0.717) is 60.3 Å². The summed E-state index contributed by atoms with van der Waals surface area (Å²) < 4.78 is 21.2. The van der Waals surface area contributed by atoms with Crippen molar-refractivity contribution in [2.24, 2.45) is 5.92 Å². The minimum absolute atomic E-state index is 0.0177. The van der Waals surface area contributed by atoms with Gasteiger partial charge < -0.3 is 29.6 Å². The average Bonchev–Trinajstić information content (AvgIpc) is 3.27. The molecule has 0 aromatic heterocycles. The number of ether oxygens (including phenoxy) is 4. The molecule has 32 heavy (non-hydrogen) atoms. The lowest BCUT2D eigenvalue weighted by Crippen LogP contribution is -2.41. The fourth-order valence-corrected chi connectivity index (χ4v) is 3.87. The standard InChI is InChI=1S/C23H27N3O6/c1-29-17-4-5-18(20(12-17)30-2)25-22(27)13-26-9-7-15(8-10-26)23(28)24-16-3-6-19-21(11-16)32-14-31-19/h3-6,11-12,15H,7-10,13-14H2,1-2H3,(H,24,28)(H,25,27). The van der Waals surface area contributed by atoms with Crippen molar-refractivity contribution in [2.45, 2.75) is 12.8 Å². The number of rotatable bonds is 7. The van der Waals surface area contributed by atoms with E-state index in [-0.39, 0.29) is 31.1 Å². The van der Waals surface area contributed by atoms with Crippen molar-refractivity contribution in [3.63, 3.8) is 0 Å². The minimum atomic E-state index is -0.128. The van der Waals surface area contributed by atoms with E-state index in [2.05, 4.69) is 15.5 Å². The van der Waals surface area contributed by atoms with Crippen LogP contribution in [0.2, 0.25) is 0 Å². The first kappa shape index (κ1) is 21.8. The number of anilines is 2. The van der Waals surface area contributed by atoms with Crippen molar-refractivity contribution in [3.8, 4) is 23.0 Å². The second-order valence-corrected chi connectivity index (χ2v) is 7.72. The zero-order valence-corrected chi connectivity index (χ0v) is 18.2. The van der Waals surface area contributed by atoms with Crippen molar-refractivity contribution >= 4 is 23.2 Å². The normalized spacial score (nSPS) is 15.8. The number of piperidine rings is 1. The molecule has 170 valence electrons. The second kappa shape index (κ2) is 9.78. The highest BCUT2D eigenvalue weighted by molar-refractivity contribution is 5.94. The molecule has 2 aliphatic heterocycles. The van der Waals surface area contributed by atoms with Crippen LogP contribution in [-0.4, -0.2) is 57.4 Å². The van der Waals surface area contributed by atoms with Gasteiger partial charge in [0.05, 0.1) is 26.5 Å². The third kappa shape index (κ3) is 5.05. The Hall–Kier alpha value is -3.46. The minimum Gasteiger partial charge on any atom is -0.497 e. The zero-order chi connectivity index (χ0) is 22.5. The van der Waals surface area contributed by atoms with Crippen molar-refractivity contribution in [1.29, 1.82) is 0 Å². The number of nitrogens with one attached hydrogen (secondary N) is 2. The molecular formula is C23H27N3O6. The SMILES string of the molecule is COc1ccc(NC(=O)CN2CCC(C(=O)Nc3ccc4c(c3)OCO4)CC2)c(OC)c1. The van der Waals surface area contributed by atoms with Crippen LogP contribution in [0.3, 0.4) is 0 Å². The predicted octanol–water partition coefficient (Wildman–Crippen LogP) is 2.72. The van der Waals surface area contributed by atoms with E-state index in [1.807, 2.05) is 0 Å². The molecule has 2 heterocycles. The number of carbonyl (C=O) groups excluding carboxylic acids is 2. The van der Waals surface area contributed by atoms with Crippen LogP contribution in [0.5, 0.6) is 23.0 Å². The van der Waals surface area contributed by atoms with Gasteiger partial charge in [0.25, 0.3) is 0 Å². The maximum atomic E-state index is 12.7. The van der Waals surface area contributed by atoms with Crippen LogP contribution in [0.15, 0.2) is 36.4 Å². The van der Waals surface area contributed by atoms with Crippen LogP contribution in [0.4, 0.5) is 11.4 Å². The third-order valence-corrected chi connectivity index (χ3v) is 5.65.